The number of alkyl halides is 3. The molecule has 0 aliphatic rings. The zero-order valence-electron chi connectivity index (χ0n) is 6.95. The zero-order chi connectivity index (χ0) is 10.3. The number of rotatable bonds is 4. The molecule has 0 rings (SSSR count). The van der Waals surface area contributed by atoms with Crippen LogP contribution in [0.1, 0.15) is 19.3 Å². The Morgan fingerprint density at radius 3 is 2.38 bits per heavy atom. The number of hydrogen-bond donors (Lipinski definition) is 3. The summed E-state index contributed by atoms with van der Waals surface area (Å²) in [5, 5.41) is 2.89. The van der Waals surface area contributed by atoms with E-state index in [-0.39, 0.29) is 11.5 Å². The van der Waals surface area contributed by atoms with Gasteiger partial charge in [0.2, 0.25) is 0 Å². The monoisotopic (exact) mass is 215 g/mol. The van der Waals surface area contributed by atoms with Crippen molar-refractivity contribution < 1.29 is 13.2 Å². The van der Waals surface area contributed by atoms with Crippen molar-refractivity contribution in [2.75, 3.05) is 6.54 Å². The smallest absolute Gasteiger partial charge is 0.362 e. The van der Waals surface area contributed by atoms with Crippen LogP contribution in [0.4, 0.5) is 13.2 Å². The van der Waals surface area contributed by atoms with E-state index in [0.717, 1.165) is 0 Å². The second kappa shape index (κ2) is 5.98. The molecule has 4 N–H and O–H groups in total. The summed E-state index contributed by atoms with van der Waals surface area (Å²) in [7, 11) is 0. The highest BCUT2D eigenvalue weighted by atomic mass is 32.1. The van der Waals surface area contributed by atoms with Gasteiger partial charge in [-0.1, -0.05) is 0 Å². The highest BCUT2D eigenvalue weighted by Gasteiger charge is 2.25. The third kappa shape index (κ3) is 9.35. The number of halogens is 3. The number of hydrazine groups is 1. The Bertz CT molecular complexity index is 160. The minimum atomic E-state index is -4.06. The molecule has 0 saturated heterocycles. The maximum Gasteiger partial charge on any atom is 0.389 e. The minimum absolute atomic E-state index is 0.101. The van der Waals surface area contributed by atoms with Crippen molar-refractivity contribution in [2.24, 2.45) is 5.84 Å². The summed E-state index contributed by atoms with van der Waals surface area (Å²) in [5.74, 6) is 4.92. The van der Waals surface area contributed by atoms with E-state index in [1.54, 1.807) is 0 Å². The van der Waals surface area contributed by atoms with Crippen LogP contribution in [-0.4, -0.2) is 17.8 Å². The van der Waals surface area contributed by atoms with Crippen molar-refractivity contribution in [1.82, 2.24) is 10.7 Å². The molecule has 0 amide bonds. The molecule has 0 saturated carbocycles. The molecule has 78 valence electrons. The summed E-state index contributed by atoms with van der Waals surface area (Å²) in [6, 6.07) is 0. The third-order valence-corrected chi connectivity index (χ3v) is 1.57. The van der Waals surface area contributed by atoms with Crippen molar-refractivity contribution in [3.05, 3.63) is 0 Å². The van der Waals surface area contributed by atoms with Crippen LogP contribution in [0.25, 0.3) is 0 Å². The van der Waals surface area contributed by atoms with Crippen LogP contribution < -0.4 is 16.6 Å². The van der Waals surface area contributed by atoms with Gasteiger partial charge < -0.3 is 10.7 Å². The summed E-state index contributed by atoms with van der Waals surface area (Å²) in [5.41, 5.74) is 2.17. The van der Waals surface area contributed by atoms with Gasteiger partial charge in [-0.15, -0.1) is 0 Å². The maximum absolute atomic E-state index is 11.6. The lowest BCUT2D eigenvalue weighted by Gasteiger charge is -2.07. The molecular weight excluding hydrogens is 203 g/mol. The van der Waals surface area contributed by atoms with Crippen LogP contribution in [0.15, 0.2) is 0 Å². The summed E-state index contributed by atoms with van der Waals surface area (Å²) in [4.78, 5) is 0. The standard InChI is InChI=1S/C6H12F3N3S/c7-6(8,9)3-1-2-4-11-5(13)12-10/h1-4,10H2,(H2,11,12,13). The van der Waals surface area contributed by atoms with E-state index in [0.29, 0.717) is 13.0 Å². The minimum Gasteiger partial charge on any atom is -0.362 e. The molecule has 0 atom stereocenters. The van der Waals surface area contributed by atoms with E-state index < -0.39 is 12.6 Å². The first-order chi connectivity index (χ1) is 5.95. The molecule has 13 heavy (non-hydrogen) atoms. The normalized spacial score (nSPS) is 11.1. The average molecular weight is 215 g/mol. The molecule has 3 nitrogen and oxygen atoms in total. The van der Waals surface area contributed by atoms with Crippen LogP contribution in [0.3, 0.4) is 0 Å². The lowest BCUT2D eigenvalue weighted by Crippen LogP contribution is -2.39. The molecule has 7 heteroatoms. The Morgan fingerprint density at radius 2 is 1.92 bits per heavy atom. The summed E-state index contributed by atoms with van der Waals surface area (Å²) >= 11 is 4.61. The van der Waals surface area contributed by atoms with E-state index in [9.17, 15) is 13.2 Å². The number of nitrogens with two attached hydrogens (primary N) is 1. The van der Waals surface area contributed by atoms with Crippen molar-refractivity contribution >= 4 is 17.3 Å². The second-order valence-electron chi connectivity index (χ2n) is 2.47. The maximum atomic E-state index is 11.6. The SMILES string of the molecule is NNC(=S)NCCCCC(F)(F)F. The van der Waals surface area contributed by atoms with Gasteiger partial charge in [-0.3, -0.25) is 0 Å². The largest absolute Gasteiger partial charge is 0.389 e. The molecule has 0 aliphatic carbocycles. The van der Waals surface area contributed by atoms with Gasteiger partial charge in [0.15, 0.2) is 5.11 Å². The molecule has 0 fully saturated rings. The van der Waals surface area contributed by atoms with Gasteiger partial charge in [0, 0.05) is 13.0 Å². The first-order valence-corrected chi connectivity index (χ1v) is 4.18. The highest BCUT2D eigenvalue weighted by molar-refractivity contribution is 7.80. The van der Waals surface area contributed by atoms with Gasteiger partial charge >= 0.3 is 6.18 Å². The van der Waals surface area contributed by atoms with Gasteiger partial charge in [0.25, 0.3) is 0 Å². The fourth-order valence-corrected chi connectivity index (χ4v) is 0.805. The first-order valence-electron chi connectivity index (χ1n) is 3.77. The quantitative estimate of drug-likeness (QED) is 0.284. The van der Waals surface area contributed by atoms with Crippen LogP contribution >= 0.6 is 12.2 Å². The molecular formula is C6H12F3N3S. The topological polar surface area (TPSA) is 50.1 Å². The molecule has 0 aromatic rings. The van der Waals surface area contributed by atoms with Gasteiger partial charge in [-0.2, -0.15) is 13.2 Å². The predicted octanol–water partition coefficient (Wildman–Crippen LogP) is 1.06. The van der Waals surface area contributed by atoms with Crippen molar-refractivity contribution in [3.8, 4) is 0 Å². The van der Waals surface area contributed by atoms with Gasteiger partial charge in [-0.25, -0.2) is 5.84 Å². The van der Waals surface area contributed by atoms with Crippen LogP contribution in [0.5, 0.6) is 0 Å². The fraction of sp³-hybridized carbons (Fsp3) is 0.833. The Kier molecular flexibility index (Phi) is 5.72. The summed E-state index contributed by atoms with van der Waals surface area (Å²) in [6.45, 7) is 0.402. The highest BCUT2D eigenvalue weighted by Crippen LogP contribution is 2.21. The average Bonchev–Trinajstić information content (AvgIpc) is 2.01. The third-order valence-electron chi connectivity index (χ3n) is 1.30. The molecule has 0 radical (unpaired) electrons. The van der Waals surface area contributed by atoms with E-state index in [1.165, 1.54) is 0 Å². The Labute approximate surface area is 79.8 Å². The zero-order valence-corrected chi connectivity index (χ0v) is 7.76. The molecule has 0 aromatic heterocycles. The van der Waals surface area contributed by atoms with Gasteiger partial charge in [-0.05, 0) is 25.1 Å². The van der Waals surface area contributed by atoms with Gasteiger partial charge in [0.05, 0.1) is 0 Å². The Morgan fingerprint density at radius 1 is 1.31 bits per heavy atom. The first kappa shape index (κ1) is 12.4. The Balaban J connectivity index is 3.22. The molecule has 0 aromatic carbocycles. The van der Waals surface area contributed by atoms with E-state index in [4.69, 9.17) is 5.84 Å². The number of nitrogens with one attached hydrogen (secondary N) is 2. The molecule has 0 spiro atoms. The lowest BCUT2D eigenvalue weighted by atomic mass is 10.2. The Hall–Kier alpha value is -0.560. The second-order valence-corrected chi connectivity index (χ2v) is 2.88. The number of unbranched alkanes of at least 4 members (excludes halogenated alkanes) is 1. The van der Waals surface area contributed by atoms with Crippen LogP contribution in [0, 0.1) is 0 Å². The van der Waals surface area contributed by atoms with E-state index >= 15 is 0 Å². The van der Waals surface area contributed by atoms with Crippen LogP contribution in [0.2, 0.25) is 0 Å². The molecule has 0 unspecified atom stereocenters. The molecule has 0 aliphatic heterocycles. The van der Waals surface area contributed by atoms with E-state index in [2.05, 4.69) is 23.0 Å². The van der Waals surface area contributed by atoms with Crippen molar-refractivity contribution in [2.45, 2.75) is 25.4 Å². The predicted molar refractivity (Wildman–Crippen MR) is 47.8 cm³/mol. The fourth-order valence-electron chi connectivity index (χ4n) is 0.703. The summed E-state index contributed by atoms with van der Waals surface area (Å²) in [6.07, 6.45) is -4.30. The van der Waals surface area contributed by atoms with E-state index in [1.807, 2.05) is 0 Å². The lowest BCUT2D eigenvalue weighted by molar-refractivity contribution is -0.135. The van der Waals surface area contributed by atoms with Crippen LogP contribution in [-0.2, 0) is 0 Å². The summed E-state index contributed by atoms with van der Waals surface area (Å²) < 4.78 is 34.9. The molecule has 0 bridgehead atoms. The number of thiocarbonyl (C=S) groups is 1. The molecule has 0 heterocycles. The van der Waals surface area contributed by atoms with Crippen molar-refractivity contribution in [1.29, 1.82) is 0 Å². The van der Waals surface area contributed by atoms with Gasteiger partial charge in [0.1, 0.15) is 0 Å². The number of hydrogen-bond acceptors (Lipinski definition) is 2. The van der Waals surface area contributed by atoms with Crippen molar-refractivity contribution in [3.63, 3.8) is 0 Å².